The van der Waals surface area contributed by atoms with Gasteiger partial charge >= 0.3 is 12.1 Å². The number of aromatic nitrogens is 1. The summed E-state index contributed by atoms with van der Waals surface area (Å²) in [6.07, 6.45) is 2.45. The van der Waals surface area contributed by atoms with Gasteiger partial charge in [0.2, 0.25) is 0 Å². The first-order valence-corrected chi connectivity index (χ1v) is 15.0. The second-order valence-electron chi connectivity index (χ2n) is 9.96. The number of aryl methyl sites for hydroxylation is 2. The predicted molar refractivity (Wildman–Crippen MR) is 149 cm³/mol. The van der Waals surface area contributed by atoms with E-state index in [9.17, 15) is 26.4 Å². The number of benzene rings is 1. The zero-order chi connectivity index (χ0) is 30.2. The van der Waals surface area contributed by atoms with Crippen LogP contribution in [0.3, 0.4) is 0 Å². The molecule has 2 aliphatic rings. The van der Waals surface area contributed by atoms with E-state index in [0.717, 1.165) is 70.3 Å². The first kappa shape index (κ1) is 32.1. The lowest BCUT2D eigenvalue weighted by Crippen LogP contribution is -2.45. The lowest BCUT2D eigenvalue weighted by molar-refractivity contribution is -0.192. The maximum atomic E-state index is 13.3. The standard InChI is InChI=1S/C25H35N5O3S.C2HF3O2/c1-3-4-13-29(2)25(31)23-17-21(18-27-24(23)30-14-11-26-12-15-30)28-34(32,33)22-10-9-19-7-5-6-8-20(19)16-22;3-2(4,5)1(6)7/h9-10,16-18,26,28H,3-8,11-15H2,1-2H3;(H,6,7). The van der Waals surface area contributed by atoms with E-state index in [4.69, 9.17) is 9.90 Å². The Morgan fingerprint density at radius 3 is 2.37 bits per heavy atom. The van der Waals surface area contributed by atoms with Crippen LogP contribution in [-0.2, 0) is 27.7 Å². The Hall–Kier alpha value is -3.39. The number of anilines is 2. The van der Waals surface area contributed by atoms with Gasteiger partial charge in [-0.25, -0.2) is 18.2 Å². The van der Waals surface area contributed by atoms with E-state index in [2.05, 4.69) is 26.8 Å². The van der Waals surface area contributed by atoms with Crippen molar-refractivity contribution in [2.24, 2.45) is 0 Å². The number of unbranched alkanes of at least 4 members (excludes halogenated alkanes) is 1. The molecule has 14 heteroatoms. The summed E-state index contributed by atoms with van der Waals surface area (Å²) in [7, 11) is -2.02. The van der Waals surface area contributed by atoms with Crippen LogP contribution in [-0.4, -0.2) is 81.2 Å². The zero-order valence-electron chi connectivity index (χ0n) is 23.1. The molecular formula is C27H36F3N5O5S. The van der Waals surface area contributed by atoms with E-state index in [1.54, 1.807) is 30.1 Å². The summed E-state index contributed by atoms with van der Waals surface area (Å²) in [5.41, 5.74) is 3.06. The maximum absolute atomic E-state index is 13.3. The fourth-order valence-corrected chi connectivity index (χ4v) is 5.68. The molecule has 4 rings (SSSR count). The highest BCUT2D eigenvalue weighted by atomic mass is 32.2. The van der Waals surface area contributed by atoms with Crippen molar-refractivity contribution in [1.29, 1.82) is 0 Å². The molecular weight excluding hydrogens is 563 g/mol. The largest absolute Gasteiger partial charge is 0.490 e. The first-order chi connectivity index (χ1) is 19.3. The van der Waals surface area contributed by atoms with Crippen LogP contribution in [0.1, 0.15) is 54.1 Å². The fourth-order valence-electron chi connectivity index (χ4n) is 4.59. The Morgan fingerprint density at radius 1 is 1.12 bits per heavy atom. The van der Waals surface area contributed by atoms with Crippen LogP contribution in [0.4, 0.5) is 24.7 Å². The summed E-state index contributed by atoms with van der Waals surface area (Å²) < 4.78 is 60.7. The number of pyridine rings is 1. The van der Waals surface area contributed by atoms with Crippen molar-refractivity contribution >= 4 is 33.4 Å². The quantitative estimate of drug-likeness (QED) is 0.419. The van der Waals surface area contributed by atoms with E-state index >= 15 is 0 Å². The Balaban J connectivity index is 0.000000587. The number of carboxylic acid groups (broad SMARTS) is 1. The number of amides is 1. The molecule has 10 nitrogen and oxygen atoms in total. The molecule has 1 amide bonds. The topological polar surface area (TPSA) is 132 Å². The van der Waals surface area contributed by atoms with Crippen LogP contribution in [0.2, 0.25) is 0 Å². The molecule has 0 saturated carbocycles. The van der Waals surface area contributed by atoms with Crippen molar-refractivity contribution in [3.63, 3.8) is 0 Å². The Kier molecular flexibility index (Phi) is 11.0. The number of aliphatic carboxylic acids is 1. The minimum absolute atomic E-state index is 0.149. The number of piperazine rings is 1. The van der Waals surface area contributed by atoms with Crippen LogP contribution in [0.15, 0.2) is 35.4 Å². The second kappa shape index (κ2) is 14.0. The number of halogens is 3. The summed E-state index contributed by atoms with van der Waals surface area (Å²) >= 11 is 0. The minimum Gasteiger partial charge on any atom is -0.475 e. The van der Waals surface area contributed by atoms with E-state index < -0.39 is 22.2 Å². The smallest absolute Gasteiger partial charge is 0.475 e. The van der Waals surface area contributed by atoms with Crippen LogP contribution in [0, 0.1) is 0 Å². The predicted octanol–water partition coefficient (Wildman–Crippen LogP) is 3.68. The summed E-state index contributed by atoms with van der Waals surface area (Å²) in [5.74, 6) is -2.30. The van der Waals surface area contributed by atoms with Crippen LogP contribution in [0.5, 0.6) is 0 Å². The van der Waals surface area contributed by atoms with E-state index in [1.165, 1.54) is 11.8 Å². The number of carbonyl (C=O) groups excluding carboxylic acids is 1. The number of hydrogen-bond acceptors (Lipinski definition) is 7. The first-order valence-electron chi connectivity index (χ1n) is 13.5. The third-order valence-electron chi connectivity index (χ3n) is 6.83. The summed E-state index contributed by atoms with van der Waals surface area (Å²) in [6.45, 7) is 5.84. The van der Waals surface area contributed by atoms with Crippen molar-refractivity contribution in [2.75, 3.05) is 49.4 Å². The number of carboxylic acids is 1. The van der Waals surface area contributed by atoms with Gasteiger partial charge in [0.05, 0.1) is 22.3 Å². The molecule has 3 N–H and O–H groups in total. The second-order valence-corrected chi connectivity index (χ2v) is 11.6. The molecule has 1 saturated heterocycles. The SMILES string of the molecule is CCCCN(C)C(=O)c1cc(NS(=O)(=O)c2ccc3c(c2)CCCC3)cnc1N1CCNCC1.O=C(O)C(F)(F)F. The molecule has 0 spiro atoms. The van der Waals surface area contributed by atoms with Crippen LogP contribution < -0.4 is 14.9 Å². The molecule has 1 aromatic carbocycles. The number of carbonyl (C=O) groups is 2. The number of fused-ring (bicyclic) bond motifs is 1. The number of nitrogens with one attached hydrogen (secondary N) is 2. The maximum Gasteiger partial charge on any atom is 0.490 e. The number of sulfonamides is 1. The van der Waals surface area contributed by atoms with E-state index in [1.807, 2.05) is 6.07 Å². The normalized spacial score (nSPS) is 15.3. The van der Waals surface area contributed by atoms with E-state index in [0.29, 0.717) is 23.6 Å². The molecule has 226 valence electrons. The Labute approximate surface area is 238 Å². The molecule has 1 aliphatic heterocycles. The highest BCUT2D eigenvalue weighted by molar-refractivity contribution is 7.92. The molecule has 0 unspecified atom stereocenters. The average molecular weight is 600 g/mol. The van der Waals surface area contributed by atoms with E-state index in [-0.39, 0.29) is 10.8 Å². The minimum atomic E-state index is -5.08. The molecule has 0 atom stereocenters. The van der Waals surface area contributed by atoms with Crippen molar-refractivity contribution in [3.05, 3.63) is 47.2 Å². The molecule has 41 heavy (non-hydrogen) atoms. The Bertz CT molecular complexity index is 1330. The van der Waals surface area contributed by atoms with Gasteiger partial charge in [-0.1, -0.05) is 19.4 Å². The van der Waals surface area contributed by atoms with Crippen molar-refractivity contribution in [3.8, 4) is 0 Å². The highest BCUT2D eigenvalue weighted by Crippen LogP contribution is 2.27. The summed E-state index contributed by atoms with van der Waals surface area (Å²) in [4.78, 5) is 30.8. The Morgan fingerprint density at radius 2 is 1.76 bits per heavy atom. The van der Waals surface area contributed by atoms with Crippen LogP contribution >= 0.6 is 0 Å². The molecule has 1 fully saturated rings. The number of hydrogen-bond donors (Lipinski definition) is 3. The highest BCUT2D eigenvalue weighted by Gasteiger charge is 2.38. The average Bonchev–Trinajstić information content (AvgIpc) is 2.95. The third kappa shape index (κ3) is 8.80. The molecule has 1 aliphatic carbocycles. The lowest BCUT2D eigenvalue weighted by Gasteiger charge is -2.30. The number of alkyl halides is 3. The van der Waals surface area contributed by atoms with Crippen molar-refractivity contribution < 1.29 is 36.3 Å². The summed E-state index contributed by atoms with van der Waals surface area (Å²) in [5, 5.41) is 10.4. The fraction of sp³-hybridized carbons (Fsp3) is 0.519. The molecule has 0 bridgehead atoms. The third-order valence-corrected chi connectivity index (χ3v) is 8.21. The van der Waals surface area contributed by atoms with Crippen molar-refractivity contribution in [1.82, 2.24) is 15.2 Å². The summed E-state index contributed by atoms with van der Waals surface area (Å²) in [6, 6.07) is 7.00. The van der Waals surface area contributed by atoms with Crippen LogP contribution in [0.25, 0.3) is 0 Å². The molecule has 1 aromatic heterocycles. The monoisotopic (exact) mass is 599 g/mol. The van der Waals surface area contributed by atoms with Gasteiger partial charge in [-0.05, 0) is 61.4 Å². The van der Waals surface area contributed by atoms with Gasteiger partial charge in [0.25, 0.3) is 15.9 Å². The van der Waals surface area contributed by atoms with Gasteiger partial charge in [-0.2, -0.15) is 13.2 Å². The number of rotatable bonds is 8. The van der Waals surface area contributed by atoms with Gasteiger partial charge in [0.1, 0.15) is 5.82 Å². The molecule has 2 aromatic rings. The van der Waals surface area contributed by atoms with Gasteiger partial charge < -0.3 is 20.2 Å². The zero-order valence-corrected chi connectivity index (χ0v) is 23.9. The van der Waals surface area contributed by atoms with Gasteiger partial charge in [-0.3, -0.25) is 9.52 Å². The molecule has 0 radical (unpaired) electrons. The number of nitrogens with zero attached hydrogens (tertiary/aromatic N) is 3. The van der Waals surface area contributed by atoms with Gasteiger partial charge in [-0.15, -0.1) is 0 Å². The van der Waals surface area contributed by atoms with Crippen molar-refractivity contribution in [2.45, 2.75) is 56.5 Å². The molecule has 2 heterocycles. The van der Waals surface area contributed by atoms with Gasteiger partial charge in [0, 0.05) is 39.8 Å². The lowest BCUT2D eigenvalue weighted by atomic mass is 9.92. The van der Waals surface area contributed by atoms with Gasteiger partial charge in [0.15, 0.2) is 0 Å².